The van der Waals surface area contributed by atoms with Gasteiger partial charge < -0.3 is 5.73 Å². The van der Waals surface area contributed by atoms with Gasteiger partial charge in [-0.2, -0.15) is 0 Å². The molecular weight excluding hydrogens is 206 g/mol. The van der Waals surface area contributed by atoms with Gasteiger partial charge in [0.25, 0.3) is 0 Å². The summed E-state index contributed by atoms with van der Waals surface area (Å²) in [6.45, 7) is 2.91. The summed E-state index contributed by atoms with van der Waals surface area (Å²) in [7, 11) is 0. The number of hydrogen-bond donors (Lipinski definition) is 1. The van der Waals surface area contributed by atoms with Crippen LogP contribution < -0.4 is 5.73 Å². The molecule has 0 bridgehead atoms. The van der Waals surface area contributed by atoms with Crippen molar-refractivity contribution in [3.05, 3.63) is 23.3 Å². The van der Waals surface area contributed by atoms with Crippen LogP contribution in [0.4, 0.5) is 0 Å². The molecule has 0 spiro atoms. The van der Waals surface area contributed by atoms with E-state index in [0.717, 1.165) is 34.7 Å². The molecule has 2 rings (SSSR count). The smallest absolute Gasteiger partial charge is 0.143 e. The molecule has 80 valence electrons. The maximum atomic E-state index is 5.69. The van der Waals surface area contributed by atoms with Crippen molar-refractivity contribution in [3.63, 3.8) is 0 Å². The van der Waals surface area contributed by atoms with Gasteiger partial charge in [0.2, 0.25) is 0 Å². The Hall–Kier alpha value is -1.00. The first-order chi connectivity index (χ1) is 7.33. The zero-order chi connectivity index (χ0) is 10.7. The number of nitrogens with two attached hydrogens (primary N) is 1. The predicted octanol–water partition coefficient (Wildman–Crippen LogP) is 2.22. The van der Waals surface area contributed by atoms with Gasteiger partial charge in [-0.1, -0.05) is 24.7 Å². The fraction of sp³-hybridized carbons (Fsp3) is 0.455. The van der Waals surface area contributed by atoms with Gasteiger partial charge >= 0.3 is 0 Å². The third kappa shape index (κ3) is 2.33. The van der Waals surface area contributed by atoms with Crippen LogP contribution in [-0.4, -0.2) is 16.5 Å². The summed E-state index contributed by atoms with van der Waals surface area (Å²) in [5, 5.41) is 1.15. The van der Waals surface area contributed by atoms with Crippen LogP contribution in [-0.2, 0) is 6.42 Å². The van der Waals surface area contributed by atoms with Crippen molar-refractivity contribution in [2.45, 2.75) is 19.8 Å². The summed E-state index contributed by atoms with van der Waals surface area (Å²) < 4.78 is 0. The van der Waals surface area contributed by atoms with Crippen LogP contribution in [0, 0.1) is 5.92 Å². The molecule has 2 N–H and O–H groups in total. The van der Waals surface area contributed by atoms with Crippen LogP contribution in [0.5, 0.6) is 0 Å². The second-order valence-electron chi connectivity index (χ2n) is 3.65. The maximum absolute atomic E-state index is 5.69. The lowest BCUT2D eigenvalue weighted by Gasteiger charge is -2.08. The molecule has 0 saturated heterocycles. The Morgan fingerprint density at radius 2 is 2.40 bits per heavy atom. The average Bonchev–Trinajstić information content (AvgIpc) is 2.68. The first-order valence-electron chi connectivity index (χ1n) is 5.24. The van der Waals surface area contributed by atoms with Gasteiger partial charge in [-0.3, -0.25) is 0 Å². The minimum Gasteiger partial charge on any atom is -0.330 e. The molecule has 4 heteroatoms. The van der Waals surface area contributed by atoms with Crippen LogP contribution in [0.1, 0.15) is 18.4 Å². The molecule has 1 unspecified atom stereocenters. The van der Waals surface area contributed by atoms with E-state index in [1.165, 1.54) is 0 Å². The maximum Gasteiger partial charge on any atom is 0.143 e. The van der Waals surface area contributed by atoms with Crippen molar-refractivity contribution in [3.8, 4) is 0 Å². The van der Waals surface area contributed by atoms with E-state index in [1.807, 2.05) is 18.3 Å². The molecule has 0 amide bonds. The monoisotopic (exact) mass is 221 g/mol. The van der Waals surface area contributed by atoms with Gasteiger partial charge in [-0.25, -0.2) is 9.97 Å². The summed E-state index contributed by atoms with van der Waals surface area (Å²) in [6.07, 6.45) is 3.90. The molecular formula is C11H15N3S. The number of pyridine rings is 1. The largest absolute Gasteiger partial charge is 0.330 e. The summed E-state index contributed by atoms with van der Waals surface area (Å²) >= 11 is 1.68. The number of nitrogens with zero attached hydrogens (tertiary/aromatic N) is 2. The Bertz CT molecular complexity index is 401. The minimum absolute atomic E-state index is 0.547. The van der Waals surface area contributed by atoms with Gasteiger partial charge in [0, 0.05) is 12.6 Å². The second-order valence-corrected chi connectivity index (χ2v) is 4.71. The van der Waals surface area contributed by atoms with Crippen molar-refractivity contribution in [2.24, 2.45) is 11.7 Å². The van der Waals surface area contributed by atoms with Crippen LogP contribution in [0.3, 0.4) is 0 Å². The van der Waals surface area contributed by atoms with Gasteiger partial charge in [0.15, 0.2) is 0 Å². The molecule has 2 aromatic heterocycles. The van der Waals surface area contributed by atoms with Crippen LogP contribution in [0.15, 0.2) is 18.3 Å². The highest BCUT2D eigenvalue weighted by Crippen LogP contribution is 2.22. The van der Waals surface area contributed by atoms with Crippen molar-refractivity contribution < 1.29 is 0 Å². The number of rotatable bonds is 4. The average molecular weight is 221 g/mol. The van der Waals surface area contributed by atoms with Crippen LogP contribution >= 0.6 is 11.3 Å². The Kier molecular flexibility index (Phi) is 3.28. The topological polar surface area (TPSA) is 51.8 Å². The van der Waals surface area contributed by atoms with E-state index < -0.39 is 0 Å². The van der Waals surface area contributed by atoms with E-state index in [1.54, 1.807) is 11.3 Å². The van der Waals surface area contributed by atoms with Crippen LogP contribution in [0.2, 0.25) is 0 Å². The third-order valence-electron chi connectivity index (χ3n) is 2.58. The molecule has 0 aromatic carbocycles. The number of fused-ring (bicyclic) bond motifs is 1. The number of hydrogen-bond acceptors (Lipinski definition) is 4. The van der Waals surface area contributed by atoms with Gasteiger partial charge in [-0.05, 0) is 24.6 Å². The van der Waals surface area contributed by atoms with E-state index >= 15 is 0 Å². The Labute approximate surface area is 93.4 Å². The van der Waals surface area contributed by atoms with E-state index in [4.69, 9.17) is 5.73 Å². The predicted molar refractivity (Wildman–Crippen MR) is 64.0 cm³/mol. The highest BCUT2D eigenvalue weighted by molar-refractivity contribution is 7.18. The second kappa shape index (κ2) is 4.68. The molecule has 2 aromatic rings. The zero-order valence-electron chi connectivity index (χ0n) is 8.81. The highest BCUT2D eigenvalue weighted by atomic mass is 32.1. The molecule has 0 aliphatic heterocycles. The van der Waals surface area contributed by atoms with E-state index in [9.17, 15) is 0 Å². The Balaban J connectivity index is 2.21. The van der Waals surface area contributed by atoms with Gasteiger partial charge in [0.05, 0.1) is 5.01 Å². The molecule has 0 fully saturated rings. The SMILES string of the molecule is CCC(CN)Cc1nc2cccnc2s1. The number of aromatic nitrogens is 2. The molecule has 2 heterocycles. The van der Waals surface area contributed by atoms with E-state index in [-0.39, 0.29) is 0 Å². The van der Waals surface area contributed by atoms with Crippen molar-refractivity contribution >= 4 is 21.7 Å². The Morgan fingerprint density at radius 3 is 3.07 bits per heavy atom. The summed E-state index contributed by atoms with van der Waals surface area (Å²) in [5.41, 5.74) is 6.69. The fourth-order valence-corrected chi connectivity index (χ4v) is 2.56. The molecule has 15 heavy (non-hydrogen) atoms. The third-order valence-corrected chi connectivity index (χ3v) is 3.59. The molecule has 0 saturated carbocycles. The van der Waals surface area contributed by atoms with E-state index in [0.29, 0.717) is 5.92 Å². The first-order valence-corrected chi connectivity index (χ1v) is 6.05. The van der Waals surface area contributed by atoms with Crippen molar-refractivity contribution in [1.29, 1.82) is 0 Å². The summed E-state index contributed by atoms with van der Waals surface area (Å²) in [6, 6.07) is 3.93. The lowest BCUT2D eigenvalue weighted by molar-refractivity contribution is 0.518. The quantitative estimate of drug-likeness (QED) is 0.861. The fourth-order valence-electron chi connectivity index (χ4n) is 1.54. The highest BCUT2D eigenvalue weighted by Gasteiger charge is 2.09. The van der Waals surface area contributed by atoms with E-state index in [2.05, 4.69) is 16.9 Å². The molecule has 3 nitrogen and oxygen atoms in total. The lowest BCUT2D eigenvalue weighted by Crippen LogP contribution is -2.15. The molecule has 1 atom stereocenters. The zero-order valence-corrected chi connectivity index (χ0v) is 9.63. The summed E-state index contributed by atoms with van der Waals surface area (Å²) in [4.78, 5) is 9.86. The minimum atomic E-state index is 0.547. The first kappa shape index (κ1) is 10.5. The Morgan fingerprint density at radius 1 is 1.53 bits per heavy atom. The summed E-state index contributed by atoms with van der Waals surface area (Å²) in [5.74, 6) is 0.547. The molecule has 0 aliphatic carbocycles. The number of thiazole rings is 1. The van der Waals surface area contributed by atoms with Crippen molar-refractivity contribution in [2.75, 3.05) is 6.54 Å². The van der Waals surface area contributed by atoms with Gasteiger partial charge in [0.1, 0.15) is 10.3 Å². The van der Waals surface area contributed by atoms with Crippen LogP contribution in [0.25, 0.3) is 10.3 Å². The van der Waals surface area contributed by atoms with Gasteiger partial charge in [-0.15, -0.1) is 0 Å². The standard InChI is InChI=1S/C11H15N3S/c1-2-8(7-12)6-10-14-9-4-3-5-13-11(9)15-10/h3-5,8H,2,6-7,12H2,1H3. The molecule has 0 aliphatic rings. The molecule has 0 radical (unpaired) electrons. The van der Waals surface area contributed by atoms with Crippen molar-refractivity contribution in [1.82, 2.24) is 9.97 Å². The normalized spacial score (nSPS) is 13.2. The lowest BCUT2D eigenvalue weighted by atomic mass is 10.0.